The molecule has 1 aliphatic rings. The van der Waals surface area contributed by atoms with Crippen LogP contribution in [0.15, 0.2) is 21.1 Å². The summed E-state index contributed by atoms with van der Waals surface area (Å²) in [6, 6.07) is 2.32. The highest BCUT2D eigenvalue weighted by Crippen LogP contribution is 2.37. The monoisotopic (exact) mass is 376 g/mol. The number of ether oxygens (including phenoxy) is 1. The Labute approximate surface area is 119 Å². The molecule has 1 N–H and O–H groups in total. The summed E-state index contributed by atoms with van der Waals surface area (Å²) in [5.41, 5.74) is 0.239. The molecule has 0 aliphatic carbocycles. The molecular formula is C10H6Br2N2O4. The molecule has 6 nitrogen and oxygen atoms in total. The molecule has 1 heterocycles. The summed E-state index contributed by atoms with van der Waals surface area (Å²) in [5, 5.41) is 1.92. The lowest BCUT2D eigenvalue weighted by Gasteiger charge is -2.15. The average molecular weight is 378 g/mol. The molecule has 0 aromatic heterocycles. The van der Waals surface area contributed by atoms with E-state index in [9.17, 15) is 14.4 Å². The van der Waals surface area contributed by atoms with E-state index in [0.29, 0.717) is 14.7 Å². The molecule has 0 spiro atoms. The summed E-state index contributed by atoms with van der Waals surface area (Å²) in [5.74, 6) is -1.44. The van der Waals surface area contributed by atoms with Crippen molar-refractivity contribution in [3.8, 4) is 5.75 Å². The van der Waals surface area contributed by atoms with Gasteiger partial charge in [0.2, 0.25) is 0 Å². The molecule has 2 rings (SSSR count). The minimum absolute atomic E-state index is 0.239. The van der Waals surface area contributed by atoms with Crippen molar-refractivity contribution in [2.75, 3.05) is 12.0 Å². The molecular weight excluding hydrogens is 372 g/mol. The minimum atomic E-state index is -0.950. The number of halogens is 2. The zero-order valence-corrected chi connectivity index (χ0v) is 12.2. The van der Waals surface area contributed by atoms with Crippen LogP contribution in [-0.4, -0.2) is 25.0 Å². The minimum Gasteiger partial charge on any atom is -0.495 e. The number of hydrogen-bond acceptors (Lipinski definition) is 4. The highest BCUT2D eigenvalue weighted by atomic mass is 79.9. The maximum Gasteiger partial charge on any atom is 0.336 e. The van der Waals surface area contributed by atoms with Crippen molar-refractivity contribution in [3.05, 3.63) is 21.1 Å². The first kappa shape index (κ1) is 13.0. The Bertz CT molecular complexity index is 573. The maximum absolute atomic E-state index is 11.6. The van der Waals surface area contributed by atoms with Gasteiger partial charge >= 0.3 is 17.8 Å². The van der Waals surface area contributed by atoms with E-state index in [-0.39, 0.29) is 5.69 Å². The van der Waals surface area contributed by atoms with Crippen molar-refractivity contribution in [2.45, 2.75) is 0 Å². The number of carbonyl (C=O) groups excluding carboxylic acids is 3. The second kappa shape index (κ2) is 4.69. The molecule has 4 amide bonds. The van der Waals surface area contributed by atoms with Gasteiger partial charge < -0.3 is 4.74 Å². The number of anilines is 1. The Morgan fingerprint density at radius 3 is 2.33 bits per heavy atom. The number of nitrogens with one attached hydrogen (secondary N) is 1. The van der Waals surface area contributed by atoms with Crippen LogP contribution in [0.3, 0.4) is 0 Å². The smallest absolute Gasteiger partial charge is 0.336 e. The van der Waals surface area contributed by atoms with E-state index in [1.54, 1.807) is 6.07 Å². The normalized spacial score (nSPS) is 15.1. The fourth-order valence-corrected chi connectivity index (χ4v) is 2.80. The van der Waals surface area contributed by atoms with E-state index in [0.717, 1.165) is 4.90 Å². The highest BCUT2D eigenvalue weighted by Gasteiger charge is 2.39. The zero-order chi connectivity index (χ0) is 13.4. The van der Waals surface area contributed by atoms with Gasteiger partial charge in [0.25, 0.3) is 0 Å². The lowest BCUT2D eigenvalue weighted by atomic mass is 10.2. The second-order valence-corrected chi connectivity index (χ2v) is 5.05. The van der Waals surface area contributed by atoms with Crippen molar-refractivity contribution in [1.82, 2.24) is 5.32 Å². The van der Waals surface area contributed by atoms with Gasteiger partial charge in [-0.25, -0.2) is 9.69 Å². The first-order valence-corrected chi connectivity index (χ1v) is 6.26. The predicted octanol–water partition coefficient (Wildman–Crippen LogP) is 1.80. The summed E-state index contributed by atoms with van der Waals surface area (Å²) < 4.78 is 6.21. The SMILES string of the molecule is COc1cc(N2C(=O)NC(=O)C2=O)c(Br)cc1Br. The van der Waals surface area contributed by atoms with E-state index < -0.39 is 17.8 Å². The van der Waals surface area contributed by atoms with Gasteiger partial charge in [-0.3, -0.25) is 14.9 Å². The fraction of sp³-hybridized carbons (Fsp3) is 0.100. The van der Waals surface area contributed by atoms with E-state index in [1.807, 2.05) is 5.32 Å². The second-order valence-electron chi connectivity index (χ2n) is 3.34. The highest BCUT2D eigenvalue weighted by molar-refractivity contribution is 9.11. The van der Waals surface area contributed by atoms with E-state index >= 15 is 0 Å². The zero-order valence-electron chi connectivity index (χ0n) is 8.99. The predicted molar refractivity (Wildman–Crippen MR) is 69.4 cm³/mol. The third kappa shape index (κ3) is 2.01. The molecule has 1 aromatic carbocycles. The Morgan fingerprint density at radius 1 is 1.17 bits per heavy atom. The van der Waals surface area contributed by atoms with Crippen LogP contribution in [-0.2, 0) is 9.59 Å². The molecule has 8 heteroatoms. The van der Waals surface area contributed by atoms with Gasteiger partial charge in [0.15, 0.2) is 0 Å². The third-order valence-corrected chi connectivity index (χ3v) is 3.54. The molecule has 0 radical (unpaired) electrons. The van der Waals surface area contributed by atoms with Gasteiger partial charge in [0.05, 0.1) is 17.3 Å². The van der Waals surface area contributed by atoms with Crippen LogP contribution in [0.2, 0.25) is 0 Å². The lowest BCUT2D eigenvalue weighted by Crippen LogP contribution is -2.31. The standard InChI is InChI=1S/C10H6Br2N2O4/c1-18-7-3-6(4(11)2-5(7)12)14-9(16)8(15)13-10(14)17/h2-3H,1H3,(H,13,15,17). The van der Waals surface area contributed by atoms with Crippen molar-refractivity contribution in [2.24, 2.45) is 0 Å². The molecule has 94 valence electrons. The molecule has 0 unspecified atom stereocenters. The van der Waals surface area contributed by atoms with Crippen LogP contribution in [0.4, 0.5) is 10.5 Å². The van der Waals surface area contributed by atoms with Gasteiger partial charge in [-0.15, -0.1) is 0 Å². The number of carbonyl (C=O) groups is 3. The molecule has 0 atom stereocenters. The van der Waals surface area contributed by atoms with Crippen LogP contribution in [0.5, 0.6) is 5.75 Å². The topological polar surface area (TPSA) is 75.7 Å². The van der Waals surface area contributed by atoms with E-state index in [1.165, 1.54) is 13.2 Å². The van der Waals surface area contributed by atoms with Crippen molar-refractivity contribution < 1.29 is 19.1 Å². The number of benzene rings is 1. The number of nitrogens with zero attached hydrogens (tertiary/aromatic N) is 1. The number of hydrogen-bond donors (Lipinski definition) is 1. The van der Waals surface area contributed by atoms with Gasteiger partial charge in [-0.05, 0) is 37.9 Å². The van der Waals surface area contributed by atoms with E-state index in [2.05, 4.69) is 31.9 Å². The van der Waals surface area contributed by atoms with E-state index in [4.69, 9.17) is 4.74 Å². The summed E-state index contributed by atoms with van der Waals surface area (Å²) in [6.45, 7) is 0. The first-order chi connectivity index (χ1) is 8.45. The summed E-state index contributed by atoms with van der Waals surface area (Å²) >= 11 is 6.49. The van der Waals surface area contributed by atoms with Crippen molar-refractivity contribution in [1.29, 1.82) is 0 Å². The summed E-state index contributed by atoms with van der Waals surface area (Å²) in [4.78, 5) is 35.0. The quantitative estimate of drug-likeness (QED) is 0.629. The van der Waals surface area contributed by atoms with Crippen LogP contribution in [0.1, 0.15) is 0 Å². The molecule has 1 saturated heterocycles. The molecule has 0 saturated carbocycles. The Kier molecular flexibility index (Phi) is 3.40. The number of rotatable bonds is 2. The first-order valence-electron chi connectivity index (χ1n) is 4.68. The Balaban J connectivity index is 2.54. The van der Waals surface area contributed by atoms with Gasteiger partial charge in [-0.1, -0.05) is 0 Å². The van der Waals surface area contributed by atoms with Crippen LogP contribution >= 0.6 is 31.9 Å². The number of amides is 4. The number of urea groups is 1. The molecule has 1 aliphatic heterocycles. The van der Waals surface area contributed by atoms with Crippen molar-refractivity contribution in [3.63, 3.8) is 0 Å². The Hall–Kier alpha value is -1.41. The average Bonchev–Trinajstić information content (AvgIpc) is 2.55. The Morgan fingerprint density at radius 2 is 1.83 bits per heavy atom. The van der Waals surface area contributed by atoms with Crippen LogP contribution in [0.25, 0.3) is 0 Å². The van der Waals surface area contributed by atoms with Gasteiger partial charge in [-0.2, -0.15) is 0 Å². The molecule has 0 bridgehead atoms. The molecule has 18 heavy (non-hydrogen) atoms. The largest absolute Gasteiger partial charge is 0.495 e. The van der Waals surface area contributed by atoms with Gasteiger partial charge in [0, 0.05) is 10.5 Å². The van der Waals surface area contributed by atoms with Crippen LogP contribution < -0.4 is 15.0 Å². The molecule has 1 aromatic rings. The van der Waals surface area contributed by atoms with Crippen molar-refractivity contribution >= 4 is 55.4 Å². The third-order valence-electron chi connectivity index (χ3n) is 2.28. The number of imide groups is 2. The van der Waals surface area contributed by atoms with Crippen LogP contribution in [0, 0.1) is 0 Å². The maximum atomic E-state index is 11.6. The van der Waals surface area contributed by atoms with Gasteiger partial charge in [0.1, 0.15) is 5.75 Å². The number of methoxy groups -OCH3 is 1. The summed E-state index contributed by atoms with van der Waals surface area (Å²) in [7, 11) is 1.45. The molecule has 1 fully saturated rings. The fourth-order valence-electron chi connectivity index (χ4n) is 1.47. The lowest BCUT2D eigenvalue weighted by molar-refractivity contribution is -0.134. The summed E-state index contributed by atoms with van der Waals surface area (Å²) in [6.07, 6.45) is 0.